The number of hydrogen-bond donors (Lipinski definition) is 1. The molecule has 0 saturated heterocycles. The van der Waals surface area contributed by atoms with Gasteiger partial charge in [-0.1, -0.05) is 60.7 Å². The molecule has 32 heavy (non-hydrogen) atoms. The van der Waals surface area contributed by atoms with E-state index in [-0.39, 0.29) is 32.0 Å². The fourth-order valence-electron chi connectivity index (χ4n) is 2.83. The Morgan fingerprint density at radius 3 is 1.91 bits per heavy atom. The minimum atomic E-state index is -0.940. The highest BCUT2D eigenvalue weighted by Gasteiger charge is 2.24. The van der Waals surface area contributed by atoms with Crippen molar-refractivity contribution in [1.29, 1.82) is 0 Å². The minimum absolute atomic E-state index is 0.0797. The molecule has 1 atom stereocenters. The van der Waals surface area contributed by atoms with Crippen LogP contribution in [0.2, 0.25) is 0 Å². The van der Waals surface area contributed by atoms with Gasteiger partial charge in [0, 0.05) is 6.42 Å². The molecule has 0 aliphatic heterocycles. The van der Waals surface area contributed by atoms with Gasteiger partial charge in [-0.3, -0.25) is 4.79 Å². The molecule has 7 nitrogen and oxygen atoms in total. The summed E-state index contributed by atoms with van der Waals surface area (Å²) in [7, 11) is 0. The summed E-state index contributed by atoms with van der Waals surface area (Å²) in [6, 6.07) is 17.5. The third-order valence-electron chi connectivity index (χ3n) is 4.31. The zero-order valence-corrected chi connectivity index (χ0v) is 18.8. The van der Waals surface area contributed by atoms with Crippen LogP contribution in [0, 0.1) is 0 Å². The predicted octanol–water partition coefficient (Wildman–Crippen LogP) is 4.54. The van der Waals surface area contributed by atoms with Gasteiger partial charge < -0.3 is 19.5 Å². The smallest absolute Gasteiger partial charge is 0.408 e. The molecule has 172 valence electrons. The van der Waals surface area contributed by atoms with Gasteiger partial charge in [-0.2, -0.15) is 0 Å². The molecule has 1 amide bonds. The van der Waals surface area contributed by atoms with Gasteiger partial charge in [-0.25, -0.2) is 9.59 Å². The molecule has 2 aromatic carbocycles. The molecule has 0 aliphatic carbocycles. The molecule has 0 radical (unpaired) electrons. The van der Waals surface area contributed by atoms with E-state index < -0.39 is 23.7 Å². The second kappa shape index (κ2) is 12.5. The molecule has 0 heterocycles. The van der Waals surface area contributed by atoms with E-state index in [1.807, 2.05) is 60.7 Å². The number of hydrogen-bond acceptors (Lipinski definition) is 6. The molecule has 2 aromatic rings. The summed E-state index contributed by atoms with van der Waals surface area (Å²) >= 11 is 0. The van der Waals surface area contributed by atoms with Crippen LogP contribution in [0.5, 0.6) is 0 Å². The topological polar surface area (TPSA) is 90.9 Å². The number of esters is 2. The summed E-state index contributed by atoms with van der Waals surface area (Å²) < 4.78 is 15.9. The predicted molar refractivity (Wildman–Crippen MR) is 119 cm³/mol. The van der Waals surface area contributed by atoms with Crippen LogP contribution in [0.3, 0.4) is 0 Å². The van der Waals surface area contributed by atoms with E-state index in [0.717, 1.165) is 11.1 Å². The highest BCUT2D eigenvalue weighted by Crippen LogP contribution is 2.12. The Morgan fingerprint density at radius 2 is 1.38 bits per heavy atom. The fraction of sp³-hybridized carbons (Fsp3) is 0.400. The lowest BCUT2D eigenvalue weighted by molar-refractivity contribution is -0.155. The summed E-state index contributed by atoms with van der Waals surface area (Å²) in [4.78, 5) is 36.8. The van der Waals surface area contributed by atoms with Crippen molar-refractivity contribution in [3.05, 3.63) is 71.8 Å². The van der Waals surface area contributed by atoms with Crippen molar-refractivity contribution in [2.24, 2.45) is 0 Å². The number of carbonyl (C=O) groups excluding carboxylic acids is 3. The average Bonchev–Trinajstić information content (AvgIpc) is 2.75. The lowest BCUT2D eigenvalue weighted by Gasteiger charge is -2.20. The molecule has 0 fully saturated rings. The summed E-state index contributed by atoms with van der Waals surface area (Å²) in [5.41, 5.74) is 1.08. The van der Waals surface area contributed by atoms with Gasteiger partial charge in [0.05, 0.1) is 0 Å². The highest BCUT2D eigenvalue weighted by molar-refractivity contribution is 5.81. The molecule has 1 N–H and O–H groups in total. The molecule has 1 unspecified atom stereocenters. The van der Waals surface area contributed by atoms with Crippen LogP contribution in [-0.2, 0) is 37.0 Å². The Morgan fingerprint density at radius 1 is 0.844 bits per heavy atom. The Bertz CT molecular complexity index is 861. The number of nitrogens with one attached hydrogen (secondary N) is 1. The van der Waals surface area contributed by atoms with Crippen LogP contribution < -0.4 is 5.32 Å². The van der Waals surface area contributed by atoms with Gasteiger partial charge in [0.2, 0.25) is 0 Å². The van der Waals surface area contributed by atoms with Crippen molar-refractivity contribution in [2.75, 3.05) is 0 Å². The van der Waals surface area contributed by atoms with Crippen molar-refractivity contribution < 1.29 is 28.6 Å². The van der Waals surface area contributed by atoms with Gasteiger partial charge in [0.15, 0.2) is 0 Å². The maximum absolute atomic E-state index is 12.6. The number of alkyl carbamates (subject to hydrolysis) is 1. The first-order chi connectivity index (χ1) is 15.2. The molecular weight excluding hydrogens is 410 g/mol. The monoisotopic (exact) mass is 441 g/mol. The maximum Gasteiger partial charge on any atom is 0.408 e. The number of carbonyl (C=O) groups is 3. The third kappa shape index (κ3) is 10.1. The molecule has 7 heteroatoms. The lowest BCUT2D eigenvalue weighted by atomic mass is 10.1. The summed E-state index contributed by atoms with van der Waals surface area (Å²) in [6.07, 6.45) is -0.0416. The van der Waals surface area contributed by atoms with Crippen LogP contribution in [0.15, 0.2) is 60.7 Å². The molecule has 2 rings (SSSR count). The third-order valence-corrected chi connectivity index (χ3v) is 4.31. The molecule has 0 saturated carbocycles. The van der Waals surface area contributed by atoms with Crippen LogP contribution in [-0.4, -0.2) is 29.7 Å². The van der Waals surface area contributed by atoms with E-state index in [9.17, 15) is 14.4 Å². The Balaban J connectivity index is 1.90. The van der Waals surface area contributed by atoms with Crippen molar-refractivity contribution in [2.45, 2.75) is 64.9 Å². The standard InChI is InChI=1S/C25H31NO6/c1-25(2,3)32-22(27)16-10-15-21(23(28)30-17-19-11-6-4-7-12-19)26-24(29)31-18-20-13-8-5-9-14-20/h4-9,11-14,21H,10,15-18H2,1-3H3,(H,26,29). The van der Waals surface area contributed by atoms with E-state index in [1.165, 1.54) is 0 Å². The Labute approximate surface area is 189 Å². The average molecular weight is 442 g/mol. The second-order valence-electron chi connectivity index (χ2n) is 8.33. The Kier molecular flexibility index (Phi) is 9.73. The number of amides is 1. The van der Waals surface area contributed by atoms with Gasteiger partial charge >= 0.3 is 18.0 Å². The zero-order chi connectivity index (χ0) is 23.4. The van der Waals surface area contributed by atoms with E-state index >= 15 is 0 Å². The number of ether oxygens (including phenoxy) is 3. The molecule has 0 bridgehead atoms. The van der Waals surface area contributed by atoms with Crippen LogP contribution in [0.1, 0.15) is 51.2 Å². The Hall–Kier alpha value is -3.35. The van der Waals surface area contributed by atoms with Crippen LogP contribution in [0.25, 0.3) is 0 Å². The molecule has 0 aromatic heterocycles. The first-order valence-corrected chi connectivity index (χ1v) is 10.6. The van der Waals surface area contributed by atoms with Gasteiger partial charge in [-0.15, -0.1) is 0 Å². The van der Waals surface area contributed by atoms with Crippen LogP contribution in [0.4, 0.5) is 4.79 Å². The zero-order valence-electron chi connectivity index (χ0n) is 18.8. The van der Waals surface area contributed by atoms with E-state index in [1.54, 1.807) is 20.8 Å². The molecule has 0 aliphatic rings. The minimum Gasteiger partial charge on any atom is -0.460 e. The first-order valence-electron chi connectivity index (χ1n) is 10.6. The van der Waals surface area contributed by atoms with Crippen molar-refractivity contribution in [1.82, 2.24) is 5.32 Å². The van der Waals surface area contributed by atoms with Crippen molar-refractivity contribution in [3.8, 4) is 0 Å². The van der Waals surface area contributed by atoms with Crippen molar-refractivity contribution in [3.63, 3.8) is 0 Å². The number of benzene rings is 2. The normalized spacial score (nSPS) is 11.8. The quantitative estimate of drug-likeness (QED) is 0.430. The van der Waals surface area contributed by atoms with Gasteiger partial charge in [0.1, 0.15) is 24.9 Å². The summed E-state index contributed by atoms with van der Waals surface area (Å²) in [6.45, 7) is 5.54. The van der Waals surface area contributed by atoms with Crippen molar-refractivity contribution >= 4 is 18.0 Å². The second-order valence-corrected chi connectivity index (χ2v) is 8.33. The highest BCUT2D eigenvalue weighted by atomic mass is 16.6. The molecular formula is C25H31NO6. The van der Waals surface area contributed by atoms with E-state index in [0.29, 0.717) is 6.42 Å². The largest absolute Gasteiger partial charge is 0.460 e. The number of rotatable bonds is 10. The summed E-state index contributed by atoms with van der Waals surface area (Å²) in [5, 5.41) is 2.56. The first kappa shape index (κ1) is 24.9. The lowest BCUT2D eigenvalue weighted by Crippen LogP contribution is -2.42. The summed E-state index contributed by atoms with van der Waals surface area (Å²) in [5.74, 6) is -0.949. The van der Waals surface area contributed by atoms with E-state index in [4.69, 9.17) is 14.2 Å². The maximum atomic E-state index is 12.6. The van der Waals surface area contributed by atoms with Gasteiger partial charge in [0.25, 0.3) is 0 Å². The SMILES string of the molecule is CC(C)(C)OC(=O)CCCC(NC(=O)OCc1ccccc1)C(=O)OCc1ccccc1. The van der Waals surface area contributed by atoms with E-state index in [2.05, 4.69) is 5.32 Å². The van der Waals surface area contributed by atoms with Crippen LogP contribution >= 0.6 is 0 Å². The fourth-order valence-corrected chi connectivity index (χ4v) is 2.83. The van der Waals surface area contributed by atoms with Gasteiger partial charge in [-0.05, 0) is 44.7 Å². The molecule has 0 spiro atoms.